The number of hydrogen-bond donors (Lipinski definition) is 1. The second kappa shape index (κ2) is 5.38. The van der Waals surface area contributed by atoms with Crippen molar-refractivity contribution in [1.82, 2.24) is 4.98 Å². The van der Waals surface area contributed by atoms with Crippen molar-refractivity contribution >= 4 is 48.6 Å². The van der Waals surface area contributed by atoms with Gasteiger partial charge in [0, 0.05) is 16.1 Å². The van der Waals surface area contributed by atoms with E-state index < -0.39 is 11.7 Å². The molecular weight excluding hydrogens is 342 g/mol. The first-order chi connectivity index (χ1) is 9.31. The number of carbonyl (C=O) groups excluding carboxylic acids is 1. The zero-order valence-corrected chi connectivity index (χ0v) is 13.6. The number of halogens is 1. The van der Waals surface area contributed by atoms with Gasteiger partial charge in [0.1, 0.15) is 21.5 Å². The number of amides is 1. The summed E-state index contributed by atoms with van der Waals surface area (Å²) < 4.78 is 5.95. The van der Waals surface area contributed by atoms with Crippen LogP contribution in [-0.4, -0.2) is 16.7 Å². The summed E-state index contributed by atoms with van der Waals surface area (Å²) in [6.07, 6.45) is 1.05. The van der Waals surface area contributed by atoms with Crippen molar-refractivity contribution in [3.8, 4) is 6.07 Å². The van der Waals surface area contributed by atoms with Crippen LogP contribution in [0.4, 0.5) is 9.80 Å². The number of nitrogens with zero attached hydrogens (tertiary/aromatic N) is 2. The lowest BCUT2D eigenvalue weighted by Crippen LogP contribution is -2.27. The van der Waals surface area contributed by atoms with E-state index >= 15 is 0 Å². The van der Waals surface area contributed by atoms with E-state index in [0.717, 1.165) is 4.47 Å². The summed E-state index contributed by atoms with van der Waals surface area (Å²) in [5.74, 6) is 0. The Balaban J connectivity index is 2.39. The largest absolute Gasteiger partial charge is 0.444 e. The van der Waals surface area contributed by atoms with Crippen LogP contribution in [0.15, 0.2) is 16.7 Å². The number of pyridine rings is 1. The molecule has 1 N–H and O–H groups in total. The predicted octanol–water partition coefficient (Wildman–Crippen LogP) is 4.28. The molecule has 7 heteroatoms. The van der Waals surface area contributed by atoms with Crippen LogP contribution in [0.25, 0.3) is 10.2 Å². The lowest BCUT2D eigenvalue weighted by atomic mass is 10.2. The number of ether oxygens (including phenoxy) is 1. The monoisotopic (exact) mass is 353 g/mol. The first-order valence-corrected chi connectivity index (χ1v) is 7.40. The summed E-state index contributed by atoms with van der Waals surface area (Å²) in [7, 11) is 0. The van der Waals surface area contributed by atoms with E-state index in [4.69, 9.17) is 4.74 Å². The fourth-order valence-corrected chi connectivity index (χ4v) is 3.22. The highest BCUT2D eigenvalue weighted by Gasteiger charge is 2.21. The van der Waals surface area contributed by atoms with Crippen LogP contribution in [-0.2, 0) is 4.74 Å². The van der Waals surface area contributed by atoms with E-state index in [2.05, 4.69) is 32.3 Å². The third-order valence-electron chi connectivity index (χ3n) is 2.27. The minimum atomic E-state index is -0.591. The molecule has 0 aliphatic rings. The third-order valence-corrected chi connectivity index (χ3v) is 3.94. The lowest BCUT2D eigenvalue weighted by molar-refractivity contribution is 0.0636. The molecule has 0 fully saturated rings. The Bertz CT molecular complexity index is 713. The molecule has 0 atom stereocenters. The Morgan fingerprint density at radius 2 is 2.25 bits per heavy atom. The predicted molar refractivity (Wildman–Crippen MR) is 81.9 cm³/mol. The van der Waals surface area contributed by atoms with Crippen LogP contribution >= 0.6 is 27.3 Å². The summed E-state index contributed by atoms with van der Waals surface area (Å²) in [6, 6.07) is 3.85. The van der Waals surface area contributed by atoms with Crippen LogP contribution in [0, 0.1) is 11.3 Å². The van der Waals surface area contributed by atoms with E-state index in [-0.39, 0.29) is 0 Å². The fraction of sp³-hybridized carbons (Fsp3) is 0.308. The summed E-state index contributed by atoms with van der Waals surface area (Å²) in [5, 5.41) is 13.0. The molecule has 0 bridgehead atoms. The Labute approximate surface area is 128 Å². The van der Waals surface area contributed by atoms with E-state index in [0.29, 0.717) is 20.8 Å². The van der Waals surface area contributed by atoms with Crippen LogP contribution in [0.2, 0.25) is 0 Å². The summed E-state index contributed by atoms with van der Waals surface area (Å²) in [4.78, 5) is 16.7. The summed E-state index contributed by atoms with van der Waals surface area (Å²) >= 11 is 4.63. The van der Waals surface area contributed by atoms with Crippen molar-refractivity contribution in [1.29, 1.82) is 5.26 Å². The van der Waals surface area contributed by atoms with Gasteiger partial charge < -0.3 is 4.74 Å². The van der Waals surface area contributed by atoms with Crippen molar-refractivity contribution in [2.24, 2.45) is 0 Å². The van der Waals surface area contributed by atoms with Gasteiger partial charge in [-0.15, -0.1) is 0 Å². The number of rotatable bonds is 1. The Hall–Kier alpha value is -1.65. The first kappa shape index (κ1) is 14.8. The molecule has 0 unspecified atom stereocenters. The smallest absolute Gasteiger partial charge is 0.412 e. The highest BCUT2D eigenvalue weighted by Crippen LogP contribution is 2.37. The number of nitrogens with one attached hydrogen (secondary N) is 1. The molecule has 2 heterocycles. The van der Waals surface area contributed by atoms with Gasteiger partial charge >= 0.3 is 6.09 Å². The maximum absolute atomic E-state index is 11.8. The number of carbonyl (C=O) groups is 1. The molecule has 1 amide bonds. The molecule has 2 aromatic rings. The Morgan fingerprint density at radius 1 is 1.55 bits per heavy atom. The van der Waals surface area contributed by atoms with Gasteiger partial charge in [-0.25, -0.2) is 9.78 Å². The summed E-state index contributed by atoms with van der Waals surface area (Å²) in [5.41, 5.74) is -0.206. The Kier molecular flexibility index (Phi) is 3.97. The van der Waals surface area contributed by atoms with Crippen molar-refractivity contribution < 1.29 is 9.53 Å². The highest BCUT2D eigenvalue weighted by atomic mass is 79.9. The van der Waals surface area contributed by atoms with E-state index in [1.165, 1.54) is 11.3 Å². The average molecular weight is 354 g/mol. The number of aromatic nitrogens is 1. The molecule has 0 radical (unpaired) electrons. The molecule has 2 rings (SSSR count). The van der Waals surface area contributed by atoms with E-state index in [1.54, 1.807) is 33.0 Å². The highest BCUT2D eigenvalue weighted by molar-refractivity contribution is 9.10. The second-order valence-electron chi connectivity index (χ2n) is 5.02. The SMILES string of the molecule is CC(C)(C)OC(=O)Nc1sc2nccc(Br)c2c1C#N. The number of nitriles is 1. The van der Waals surface area contributed by atoms with Crippen molar-refractivity contribution in [3.63, 3.8) is 0 Å². The molecule has 104 valence electrons. The molecule has 0 aliphatic carbocycles. The van der Waals surface area contributed by atoms with Gasteiger partial charge in [0.15, 0.2) is 0 Å². The zero-order valence-electron chi connectivity index (χ0n) is 11.2. The molecule has 5 nitrogen and oxygen atoms in total. The number of fused-ring (bicyclic) bond motifs is 1. The quantitative estimate of drug-likeness (QED) is 0.830. The van der Waals surface area contributed by atoms with Crippen LogP contribution in [0.3, 0.4) is 0 Å². The maximum Gasteiger partial charge on any atom is 0.412 e. The van der Waals surface area contributed by atoms with Gasteiger partial charge in [0.25, 0.3) is 0 Å². The van der Waals surface area contributed by atoms with E-state index in [9.17, 15) is 10.1 Å². The zero-order chi connectivity index (χ0) is 14.9. The average Bonchev–Trinajstić information content (AvgIpc) is 2.64. The van der Waals surface area contributed by atoms with Gasteiger partial charge in [-0.3, -0.25) is 5.32 Å². The topological polar surface area (TPSA) is 75.0 Å². The van der Waals surface area contributed by atoms with Crippen molar-refractivity contribution in [2.45, 2.75) is 26.4 Å². The Morgan fingerprint density at radius 3 is 2.85 bits per heavy atom. The van der Waals surface area contributed by atoms with Crippen LogP contribution in [0.1, 0.15) is 26.3 Å². The second-order valence-corrected chi connectivity index (χ2v) is 6.87. The van der Waals surface area contributed by atoms with Gasteiger partial charge in [-0.2, -0.15) is 5.26 Å². The van der Waals surface area contributed by atoms with Gasteiger partial charge in [0.05, 0.1) is 5.56 Å². The molecule has 0 saturated heterocycles. The molecule has 0 aromatic carbocycles. The summed E-state index contributed by atoms with van der Waals surface area (Å²) in [6.45, 7) is 5.34. The van der Waals surface area contributed by atoms with Crippen molar-refractivity contribution in [2.75, 3.05) is 5.32 Å². The van der Waals surface area contributed by atoms with Gasteiger partial charge in [-0.05, 0) is 42.8 Å². The maximum atomic E-state index is 11.8. The molecule has 0 aliphatic heterocycles. The standard InChI is InChI=1S/C13H12BrN3O2S/c1-13(2,3)19-12(18)17-10-7(6-15)9-8(14)4-5-16-11(9)20-10/h4-5H,1-3H3,(H,17,18). The molecule has 20 heavy (non-hydrogen) atoms. The minimum Gasteiger partial charge on any atom is -0.444 e. The first-order valence-electron chi connectivity index (χ1n) is 5.79. The number of hydrogen-bond acceptors (Lipinski definition) is 5. The molecule has 0 spiro atoms. The van der Waals surface area contributed by atoms with Gasteiger partial charge in [-0.1, -0.05) is 11.3 Å². The third kappa shape index (κ3) is 3.08. The normalized spacial score (nSPS) is 11.2. The lowest BCUT2D eigenvalue weighted by Gasteiger charge is -2.19. The van der Waals surface area contributed by atoms with E-state index in [1.807, 2.05) is 0 Å². The molecule has 2 aromatic heterocycles. The minimum absolute atomic E-state index is 0.385. The molecular formula is C13H12BrN3O2S. The number of thiophene rings is 1. The fourth-order valence-electron chi connectivity index (χ4n) is 1.58. The van der Waals surface area contributed by atoms with Gasteiger partial charge in [0.2, 0.25) is 0 Å². The molecule has 0 saturated carbocycles. The van der Waals surface area contributed by atoms with Crippen LogP contribution in [0.5, 0.6) is 0 Å². The van der Waals surface area contributed by atoms with Crippen molar-refractivity contribution in [3.05, 3.63) is 22.3 Å². The van der Waals surface area contributed by atoms with Crippen LogP contribution < -0.4 is 5.32 Å². The number of anilines is 1.